The molecule has 0 aliphatic carbocycles. The van der Waals surface area contributed by atoms with Crippen LogP contribution in [0, 0.1) is 0 Å². The van der Waals surface area contributed by atoms with Crippen LogP contribution < -0.4 is 0 Å². The Labute approximate surface area is 171 Å². The first-order valence-corrected chi connectivity index (χ1v) is 10.5. The molecular formula is C22H28N6O. The van der Waals surface area contributed by atoms with Gasteiger partial charge in [-0.1, -0.05) is 29.5 Å². The van der Waals surface area contributed by atoms with Gasteiger partial charge in [-0.25, -0.2) is 4.68 Å². The molecule has 4 rings (SSSR count). The Kier molecular flexibility index (Phi) is 5.85. The Morgan fingerprint density at radius 2 is 2.03 bits per heavy atom. The molecule has 1 aromatic carbocycles. The molecule has 3 aromatic rings. The predicted molar refractivity (Wildman–Crippen MR) is 113 cm³/mol. The second-order valence-corrected chi connectivity index (χ2v) is 7.58. The maximum atomic E-state index is 12.5. The molecule has 7 heteroatoms. The maximum absolute atomic E-state index is 12.5. The van der Waals surface area contributed by atoms with Crippen LogP contribution in [0.3, 0.4) is 0 Å². The number of rotatable bonds is 6. The van der Waals surface area contributed by atoms with Crippen molar-refractivity contribution in [2.24, 2.45) is 0 Å². The number of fused-ring (bicyclic) bond motifs is 1. The average molecular weight is 393 g/mol. The molecule has 1 aliphatic heterocycles. The summed E-state index contributed by atoms with van der Waals surface area (Å²) in [7, 11) is 0. The van der Waals surface area contributed by atoms with E-state index in [1.807, 2.05) is 37.0 Å². The lowest BCUT2D eigenvalue weighted by Gasteiger charge is -2.32. The van der Waals surface area contributed by atoms with Crippen LogP contribution in [-0.2, 0) is 6.54 Å². The van der Waals surface area contributed by atoms with Gasteiger partial charge < -0.3 is 4.90 Å². The van der Waals surface area contributed by atoms with E-state index in [2.05, 4.69) is 44.5 Å². The van der Waals surface area contributed by atoms with Crippen LogP contribution in [0.15, 0.2) is 42.7 Å². The molecule has 0 unspecified atom stereocenters. The summed E-state index contributed by atoms with van der Waals surface area (Å²) in [6.07, 6.45) is 5.82. The lowest BCUT2D eigenvalue weighted by atomic mass is 10.0. The van der Waals surface area contributed by atoms with Crippen LogP contribution in [0.25, 0.3) is 10.9 Å². The molecule has 0 N–H and O–H groups in total. The van der Waals surface area contributed by atoms with Crippen molar-refractivity contribution < 1.29 is 4.79 Å². The highest BCUT2D eigenvalue weighted by Gasteiger charge is 2.25. The first-order chi connectivity index (χ1) is 14.2. The third kappa shape index (κ3) is 4.15. The number of carbonyl (C=O) groups excluding carboxylic acids is 1. The van der Waals surface area contributed by atoms with Crippen LogP contribution in [0.1, 0.15) is 48.8 Å². The number of amides is 1. The van der Waals surface area contributed by atoms with Crippen molar-refractivity contribution in [1.82, 2.24) is 29.8 Å². The van der Waals surface area contributed by atoms with Crippen molar-refractivity contribution in [2.45, 2.75) is 39.3 Å². The predicted octanol–water partition coefficient (Wildman–Crippen LogP) is 3.15. The molecule has 152 valence electrons. The van der Waals surface area contributed by atoms with Gasteiger partial charge in [0.25, 0.3) is 5.91 Å². The quantitative estimate of drug-likeness (QED) is 0.645. The number of pyridine rings is 1. The van der Waals surface area contributed by atoms with Crippen LogP contribution in [-0.4, -0.2) is 61.9 Å². The van der Waals surface area contributed by atoms with Crippen LogP contribution in [0.5, 0.6) is 0 Å². The van der Waals surface area contributed by atoms with Crippen LogP contribution in [0.2, 0.25) is 0 Å². The van der Waals surface area contributed by atoms with E-state index in [1.54, 1.807) is 4.90 Å². The van der Waals surface area contributed by atoms with Crippen molar-refractivity contribution in [3.8, 4) is 0 Å². The number of carbonyl (C=O) groups is 1. The number of hydrogen-bond acceptors (Lipinski definition) is 5. The van der Waals surface area contributed by atoms with Crippen LogP contribution in [0.4, 0.5) is 0 Å². The third-order valence-electron chi connectivity index (χ3n) is 5.75. The Morgan fingerprint density at radius 3 is 2.86 bits per heavy atom. The fourth-order valence-corrected chi connectivity index (χ4v) is 4.15. The van der Waals surface area contributed by atoms with Gasteiger partial charge in [0.1, 0.15) is 0 Å². The second kappa shape index (κ2) is 8.69. The molecular weight excluding hydrogens is 364 g/mol. The summed E-state index contributed by atoms with van der Waals surface area (Å²) in [6, 6.07) is 10.7. The Bertz CT molecular complexity index is 975. The molecule has 0 bridgehead atoms. The molecule has 0 radical (unpaired) electrons. The molecule has 1 atom stereocenters. The van der Waals surface area contributed by atoms with Crippen molar-refractivity contribution in [3.05, 3.63) is 54.0 Å². The first-order valence-electron chi connectivity index (χ1n) is 10.5. The van der Waals surface area contributed by atoms with Gasteiger partial charge in [-0.15, -0.1) is 5.10 Å². The molecule has 7 nitrogen and oxygen atoms in total. The SMILES string of the molecule is CCN(CC)C(=O)c1cn([C@H]2CCCN(Cc3cccc4cccnc34)C2)nn1. The van der Waals surface area contributed by atoms with Gasteiger partial charge in [-0.05, 0) is 44.9 Å². The molecule has 1 saturated heterocycles. The van der Waals surface area contributed by atoms with E-state index in [-0.39, 0.29) is 11.9 Å². The summed E-state index contributed by atoms with van der Waals surface area (Å²) in [5.41, 5.74) is 2.76. The Morgan fingerprint density at radius 1 is 1.21 bits per heavy atom. The fraction of sp³-hybridized carbons (Fsp3) is 0.455. The summed E-state index contributed by atoms with van der Waals surface area (Å²) < 4.78 is 1.88. The number of nitrogens with zero attached hydrogens (tertiary/aromatic N) is 6. The van der Waals surface area contributed by atoms with Gasteiger partial charge in [0, 0.05) is 37.8 Å². The van der Waals surface area contributed by atoms with Gasteiger partial charge in [-0.3, -0.25) is 14.7 Å². The van der Waals surface area contributed by atoms with Gasteiger partial charge in [-0.2, -0.15) is 0 Å². The topological polar surface area (TPSA) is 67.2 Å². The van der Waals surface area contributed by atoms with Gasteiger partial charge >= 0.3 is 0 Å². The van der Waals surface area contributed by atoms with Gasteiger partial charge in [0.15, 0.2) is 5.69 Å². The van der Waals surface area contributed by atoms with E-state index in [9.17, 15) is 4.79 Å². The molecule has 2 aromatic heterocycles. The Hall–Kier alpha value is -2.80. The molecule has 29 heavy (non-hydrogen) atoms. The number of likely N-dealkylation sites (tertiary alicyclic amines) is 1. The molecule has 3 heterocycles. The minimum Gasteiger partial charge on any atom is -0.338 e. The number of piperidine rings is 1. The first kappa shape index (κ1) is 19.5. The standard InChI is InChI=1S/C22H28N6O/c1-3-27(4-2)22(29)20-16-28(25-24-20)19-11-7-13-26(15-19)14-18-9-5-8-17-10-6-12-23-21(17)18/h5-6,8-10,12,16,19H,3-4,7,11,13-15H2,1-2H3/t19-/m0/s1. The Balaban J connectivity index is 1.47. The highest BCUT2D eigenvalue weighted by Crippen LogP contribution is 2.24. The molecule has 0 spiro atoms. The minimum absolute atomic E-state index is 0.0456. The molecule has 1 aliphatic rings. The van der Waals surface area contributed by atoms with Crippen LogP contribution >= 0.6 is 0 Å². The van der Waals surface area contributed by atoms with E-state index in [4.69, 9.17) is 0 Å². The molecule has 0 saturated carbocycles. The molecule has 1 amide bonds. The number of para-hydroxylation sites is 1. The van der Waals surface area contributed by atoms with E-state index >= 15 is 0 Å². The van der Waals surface area contributed by atoms with Crippen molar-refractivity contribution in [2.75, 3.05) is 26.2 Å². The van der Waals surface area contributed by atoms with E-state index in [0.717, 1.165) is 38.0 Å². The zero-order valence-electron chi connectivity index (χ0n) is 17.2. The van der Waals surface area contributed by atoms with E-state index < -0.39 is 0 Å². The largest absolute Gasteiger partial charge is 0.338 e. The fourth-order valence-electron chi connectivity index (χ4n) is 4.15. The van der Waals surface area contributed by atoms with Crippen molar-refractivity contribution >= 4 is 16.8 Å². The average Bonchev–Trinajstić information content (AvgIpc) is 3.25. The summed E-state index contributed by atoms with van der Waals surface area (Å²) in [6.45, 7) is 8.13. The van der Waals surface area contributed by atoms with Gasteiger partial charge in [0.05, 0.1) is 17.8 Å². The zero-order chi connectivity index (χ0) is 20.2. The van der Waals surface area contributed by atoms with E-state index in [0.29, 0.717) is 18.8 Å². The van der Waals surface area contributed by atoms with E-state index in [1.165, 1.54) is 10.9 Å². The summed E-state index contributed by atoms with van der Waals surface area (Å²) in [5, 5.41) is 9.61. The molecule has 1 fully saturated rings. The number of benzene rings is 1. The van der Waals surface area contributed by atoms with Crippen molar-refractivity contribution in [1.29, 1.82) is 0 Å². The minimum atomic E-state index is -0.0456. The van der Waals surface area contributed by atoms with Gasteiger partial charge in [0.2, 0.25) is 0 Å². The lowest BCUT2D eigenvalue weighted by Crippen LogP contribution is -2.36. The highest BCUT2D eigenvalue weighted by atomic mass is 16.2. The normalized spacial score (nSPS) is 17.5. The lowest BCUT2D eigenvalue weighted by molar-refractivity contribution is 0.0767. The third-order valence-corrected chi connectivity index (χ3v) is 5.75. The van der Waals surface area contributed by atoms with Crippen molar-refractivity contribution in [3.63, 3.8) is 0 Å². The second-order valence-electron chi connectivity index (χ2n) is 7.58. The summed E-state index contributed by atoms with van der Waals surface area (Å²) in [5.74, 6) is -0.0456. The summed E-state index contributed by atoms with van der Waals surface area (Å²) >= 11 is 0. The zero-order valence-corrected chi connectivity index (χ0v) is 17.2. The highest BCUT2D eigenvalue weighted by molar-refractivity contribution is 5.91. The number of aromatic nitrogens is 4. The monoisotopic (exact) mass is 392 g/mol. The number of hydrogen-bond donors (Lipinski definition) is 0. The maximum Gasteiger partial charge on any atom is 0.276 e. The summed E-state index contributed by atoms with van der Waals surface area (Å²) in [4.78, 5) is 21.3. The smallest absolute Gasteiger partial charge is 0.276 e.